The van der Waals surface area contributed by atoms with E-state index in [0.29, 0.717) is 38.5 Å². The van der Waals surface area contributed by atoms with E-state index in [1.165, 1.54) is 19.5 Å². The van der Waals surface area contributed by atoms with Gasteiger partial charge in [-0.2, -0.15) is 0 Å². The summed E-state index contributed by atoms with van der Waals surface area (Å²) in [5.74, 6) is 0.732. The van der Waals surface area contributed by atoms with Gasteiger partial charge in [-0.05, 0) is 30.3 Å². The fourth-order valence-electron chi connectivity index (χ4n) is 3.27. The molecular formula is C22H18BrCl2N5O2. The fourth-order valence-corrected chi connectivity index (χ4v) is 4.00. The lowest BCUT2D eigenvalue weighted by atomic mass is 10.1. The Morgan fingerprint density at radius 2 is 1.81 bits per heavy atom. The lowest BCUT2D eigenvalue weighted by Gasteiger charge is -2.19. The molecule has 1 amide bonds. The SMILES string of the molecule is COc1cc2c(cc1C(=O)N(C)c1ccc(Br)cc1)nc(Nc1c(Cl)cncc1Cl)n2C. The number of carbonyl (C=O) groups is 1. The van der Waals surface area contributed by atoms with Crippen LogP contribution in [0.3, 0.4) is 0 Å². The largest absolute Gasteiger partial charge is 0.496 e. The Kier molecular flexibility index (Phi) is 6.28. The van der Waals surface area contributed by atoms with Crippen LogP contribution >= 0.6 is 39.1 Å². The van der Waals surface area contributed by atoms with Crippen LogP contribution in [0.15, 0.2) is 53.3 Å². The number of anilines is 3. The summed E-state index contributed by atoms with van der Waals surface area (Å²) >= 11 is 15.9. The number of halogens is 3. The van der Waals surface area contributed by atoms with Crippen molar-refractivity contribution >= 4 is 73.4 Å². The molecule has 0 bridgehead atoms. The van der Waals surface area contributed by atoms with Crippen LogP contribution in [0.5, 0.6) is 5.75 Å². The molecule has 10 heteroatoms. The Labute approximate surface area is 203 Å². The zero-order chi connectivity index (χ0) is 23.0. The average Bonchev–Trinajstić information content (AvgIpc) is 3.09. The number of pyridine rings is 1. The van der Waals surface area contributed by atoms with Gasteiger partial charge in [-0.15, -0.1) is 0 Å². The lowest BCUT2D eigenvalue weighted by Crippen LogP contribution is -2.26. The Bertz CT molecular complexity index is 1300. The molecule has 0 aliphatic heterocycles. The third-order valence-corrected chi connectivity index (χ3v) is 6.14. The van der Waals surface area contributed by atoms with E-state index in [1.807, 2.05) is 35.9 Å². The number of benzene rings is 2. The number of carbonyl (C=O) groups excluding carboxylic acids is 1. The summed E-state index contributed by atoms with van der Waals surface area (Å²) in [6, 6.07) is 11.0. The molecule has 7 nitrogen and oxygen atoms in total. The van der Waals surface area contributed by atoms with Crippen LogP contribution in [0.25, 0.3) is 11.0 Å². The predicted molar refractivity (Wildman–Crippen MR) is 132 cm³/mol. The Morgan fingerprint density at radius 1 is 1.16 bits per heavy atom. The van der Waals surface area contributed by atoms with Crippen molar-refractivity contribution in [1.29, 1.82) is 0 Å². The van der Waals surface area contributed by atoms with Gasteiger partial charge in [0.15, 0.2) is 0 Å². The zero-order valence-corrected chi connectivity index (χ0v) is 20.5. The maximum Gasteiger partial charge on any atom is 0.261 e. The number of nitrogens with zero attached hydrogens (tertiary/aromatic N) is 4. The molecule has 0 radical (unpaired) electrons. The van der Waals surface area contributed by atoms with E-state index in [1.54, 1.807) is 24.1 Å². The van der Waals surface area contributed by atoms with E-state index in [2.05, 4.69) is 31.2 Å². The lowest BCUT2D eigenvalue weighted by molar-refractivity contribution is 0.0990. The fraction of sp³-hybridized carbons (Fsp3) is 0.136. The number of imidazole rings is 1. The summed E-state index contributed by atoms with van der Waals surface area (Å²) in [7, 11) is 5.09. The number of amides is 1. The molecule has 0 saturated carbocycles. The van der Waals surface area contributed by atoms with Crippen molar-refractivity contribution in [3.8, 4) is 5.75 Å². The topological polar surface area (TPSA) is 72.3 Å². The molecule has 0 fully saturated rings. The highest BCUT2D eigenvalue weighted by atomic mass is 79.9. The standard InChI is InChI=1S/C22H18BrCl2N5O2/c1-29(13-6-4-12(23)5-7-13)21(31)14-8-17-18(9-19(14)32-3)30(2)22(27-17)28-20-15(24)10-26-11-16(20)25/h4-11H,1-3H3,(H,26,27,28). The van der Waals surface area contributed by atoms with Crippen LogP contribution in [-0.4, -0.2) is 34.6 Å². The molecule has 164 valence electrons. The molecule has 0 atom stereocenters. The number of rotatable bonds is 5. The summed E-state index contributed by atoms with van der Waals surface area (Å²) in [5.41, 5.74) is 3.04. The summed E-state index contributed by atoms with van der Waals surface area (Å²) in [5, 5.41) is 3.88. The molecule has 2 heterocycles. The summed E-state index contributed by atoms with van der Waals surface area (Å²) in [6.07, 6.45) is 2.99. The number of hydrogen-bond donors (Lipinski definition) is 1. The van der Waals surface area contributed by atoms with E-state index in [4.69, 9.17) is 27.9 Å². The van der Waals surface area contributed by atoms with Crippen LogP contribution in [0.2, 0.25) is 10.0 Å². The van der Waals surface area contributed by atoms with Gasteiger partial charge in [0, 0.05) is 42.7 Å². The van der Waals surface area contributed by atoms with E-state index >= 15 is 0 Å². The third-order valence-electron chi connectivity index (χ3n) is 5.04. The minimum Gasteiger partial charge on any atom is -0.496 e. The number of ether oxygens (including phenoxy) is 1. The number of methoxy groups -OCH3 is 1. The van der Waals surface area contributed by atoms with Gasteiger partial charge < -0.3 is 19.5 Å². The van der Waals surface area contributed by atoms with E-state index in [-0.39, 0.29) is 5.91 Å². The molecule has 2 aromatic heterocycles. The molecule has 0 unspecified atom stereocenters. The monoisotopic (exact) mass is 533 g/mol. The Hall–Kier alpha value is -2.81. The van der Waals surface area contributed by atoms with Crippen molar-refractivity contribution in [3.63, 3.8) is 0 Å². The molecule has 0 aliphatic rings. The molecular weight excluding hydrogens is 517 g/mol. The second-order valence-corrected chi connectivity index (χ2v) is 8.71. The minimum absolute atomic E-state index is 0.216. The van der Waals surface area contributed by atoms with Gasteiger partial charge in [-0.3, -0.25) is 9.78 Å². The van der Waals surface area contributed by atoms with E-state index in [0.717, 1.165) is 15.7 Å². The highest BCUT2D eigenvalue weighted by molar-refractivity contribution is 9.10. The van der Waals surface area contributed by atoms with Gasteiger partial charge in [-0.1, -0.05) is 39.1 Å². The number of fused-ring (bicyclic) bond motifs is 1. The predicted octanol–water partition coefficient (Wildman–Crippen LogP) is 6.07. The number of hydrogen-bond acceptors (Lipinski definition) is 5. The maximum absolute atomic E-state index is 13.3. The summed E-state index contributed by atoms with van der Waals surface area (Å²) < 4.78 is 8.30. The van der Waals surface area contributed by atoms with Crippen LogP contribution in [0.1, 0.15) is 10.4 Å². The van der Waals surface area contributed by atoms with Crippen molar-refractivity contribution in [2.75, 3.05) is 24.4 Å². The highest BCUT2D eigenvalue weighted by Crippen LogP contribution is 2.34. The Morgan fingerprint density at radius 3 is 2.44 bits per heavy atom. The van der Waals surface area contributed by atoms with Gasteiger partial charge in [0.25, 0.3) is 5.91 Å². The number of aryl methyl sites for hydroxylation is 1. The molecule has 4 aromatic rings. The average molecular weight is 535 g/mol. The first-order chi connectivity index (χ1) is 15.3. The Balaban J connectivity index is 1.75. The molecule has 0 aliphatic carbocycles. The van der Waals surface area contributed by atoms with Crippen molar-refractivity contribution in [1.82, 2.24) is 14.5 Å². The van der Waals surface area contributed by atoms with Crippen LogP contribution in [-0.2, 0) is 7.05 Å². The van der Waals surface area contributed by atoms with Crippen molar-refractivity contribution in [2.45, 2.75) is 0 Å². The van der Waals surface area contributed by atoms with Gasteiger partial charge >= 0.3 is 0 Å². The first-order valence-electron chi connectivity index (χ1n) is 9.44. The van der Waals surface area contributed by atoms with E-state index in [9.17, 15) is 4.79 Å². The van der Waals surface area contributed by atoms with Crippen molar-refractivity contribution < 1.29 is 9.53 Å². The first kappa shape index (κ1) is 22.4. The van der Waals surface area contributed by atoms with Gasteiger partial charge in [0.05, 0.1) is 39.4 Å². The van der Waals surface area contributed by atoms with Crippen molar-refractivity contribution in [3.05, 3.63) is 68.9 Å². The molecule has 0 saturated heterocycles. The molecule has 1 N–H and O–H groups in total. The molecule has 4 rings (SSSR count). The second-order valence-electron chi connectivity index (χ2n) is 6.98. The summed E-state index contributed by atoms with van der Waals surface area (Å²) in [6.45, 7) is 0. The quantitative estimate of drug-likeness (QED) is 0.336. The van der Waals surface area contributed by atoms with E-state index < -0.39 is 0 Å². The minimum atomic E-state index is -0.216. The number of aromatic nitrogens is 3. The molecule has 0 spiro atoms. The second kappa shape index (κ2) is 8.97. The molecule has 32 heavy (non-hydrogen) atoms. The maximum atomic E-state index is 13.3. The van der Waals surface area contributed by atoms with Crippen LogP contribution in [0.4, 0.5) is 17.3 Å². The summed E-state index contributed by atoms with van der Waals surface area (Å²) in [4.78, 5) is 23.4. The smallest absolute Gasteiger partial charge is 0.261 e. The van der Waals surface area contributed by atoms with Crippen LogP contribution in [0, 0.1) is 0 Å². The van der Waals surface area contributed by atoms with Gasteiger partial charge in [0.2, 0.25) is 5.95 Å². The van der Waals surface area contributed by atoms with Gasteiger partial charge in [0.1, 0.15) is 5.75 Å². The van der Waals surface area contributed by atoms with Crippen molar-refractivity contribution in [2.24, 2.45) is 7.05 Å². The normalized spacial score (nSPS) is 10.9. The zero-order valence-electron chi connectivity index (χ0n) is 17.4. The van der Waals surface area contributed by atoms with Gasteiger partial charge in [-0.25, -0.2) is 4.98 Å². The number of nitrogens with one attached hydrogen (secondary N) is 1. The third kappa shape index (κ3) is 4.13. The molecule has 2 aromatic carbocycles. The van der Waals surface area contributed by atoms with Crippen LogP contribution < -0.4 is 15.0 Å². The first-order valence-corrected chi connectivity index (χ1v) is 11.0. The highest BCUT2D eigenvalue weighted by Gasteiger charge is 2.21.